The Morgan fingerprint density at radius 1 is 1.21 bits per heavy atom. The molecule has 3 nitrogen and oxygen atoms in total. The average molecular weight is 328 g/mol. The first kappa shape index (κ1) is 12.9. The second-order valence-electron chi connectivity index (χ2n) is 3.76. The highest BCUT2D eigenvalue weighted by Gasteiger charge is 2.16. The number of thiophene rings is 1. The van der Waals surface area contributed by atoms with Crippen molar-refractivity contribution in [3.8, 4) is 17.1 Å². The molecule has 0 spiro atoms. The molecule has 0 aliphatic carbocycles. The van der Waals surface area contributed by atoms with E-state index in [4.69, 9.17) is 35.4 Å². The third-order valence-corrected chi connectivity index (χ3v) is 4.35. The van der Waals surface area contributed by atoms with Crippen molar-refractivity contribution in [3.63, 3.8) is 0 Å². The molecule has 1 N–H and O–H groups in total. The standard InChI is InChI=1S/C12H7Cl2N3S2/c13-9-6-8(10(14)19-9)11-15-16-12(18)17(11)7-4-2-1-3-5-7/h1-6H,(H,16,18). The van der Waals surface area contributed by atoms with E-state index in [0.29, 0.717) is 19.3 Å². The quantitative estimate of drug-likeness (QED) is 0.674. The van der Waals surface area contributed by atoms with Crippen molar-refractivity contribution in [3.05, 3.63) is 49.8 Å². The largest absolute Gasteiger partial charge is 0.268 e. The van der Waals surface area contributed by atoms with Crippen molar-refractivity contribution in [2.45, 2.75) is 0 Å². The van der Waals surface area contributed by atoms with Gasteiger partial charge in [0, 0.05) is 5.69 Å². The fourth-order valence-electron chi connectivity index (χ4n) is 1.79. The van der Waals surface area contributed by atoms with Crippen LogP contribution < -0.4 is 0 Å². The zero-order valence-corrected chi connectivity index (χ0v) is 12.6. The molecule has 3 aromatic rings. The van der Waals surface area contributed by atoms with E-state index >= 15 is 0 Å². The van der Waals surface area contributed by atoms with Crippen LogP contribution in [0.15, 0.2) is 36.4 Å². The Hall–Kier alpha value is -1.14. The molecule has 0 aliphatic heterocycles. The number of benzene rings is 1. The molecule has 19 heavy (non-hydrogen) atoms. The molecule has 0 unspecified atom stereocenters. The average Bonchev–Trinajstić information content (AvgIpc) is 2.93. The SMILES string of the molecule is S=c1[nH]nc(-c2cc(Cl)sc2Cl)n1-c1ccccc1. The molecule has 2 aromatic heterocycles. The third kappa shape index (κ3) is 2.34. The molecular weight excluding hydrogens is 321 g/mol. The Balaban J connectivity index is 2.25. The Morgan fingerprint density at radius 3 is 2.58 bits per heavy atom. The van der Waals surface area contributed by atoms with Crippen molar-refractivity contribution in [1.82, 2.24) is 14.8 Å². The summed E-state index contributed by atoms with van der Waals surface area (Å²) in [6, 6.07) is 11.5. The van der Waals surface area contributed by atoms with Crippen LogP contribution in [-0.4, -0.2) is 14.8 Å². The molecule has 96 valence electrons. The van der Waals surface area contributed by atoms with Gasteiger partial charge in [0.2, 0.25) is 0 Å². The zero-order chi connectivity index (χ0) is 13.4. The van der Waals surface area contributed by atoms with Crippen LogP contribution in [0.4, 0.5) is 0 Å². The molecule has 0 bridgehead atoms. The van der Waals surface area contributed by atoms with Gasteiger partial charge in [-0.2, -0.15) is 5.10 Å². The molecule has 3 rings (SSSR count). The van der Waals surface area contributed by atoms with Crippen molar-refractivity contribution in [1.29, 1.82) is 0 Å². The van der Waals surface area contributed by atoms with E-state index < -0.39 is 0 Å². The Labute approximate surface area is 128 Å². The molecule has 0 fully saturated rings. The Kier molecular flexibility index (Phi) is 3.45. The van der Waals surface area contributed by atoms with Gasteiger partial charge in [-0.1, -0.05) is 41.4 Å². The molecule has 0 amide bonds. The Morgan fingerprint density at radius 2 is 1.95 bits per heavy atom. The molecule has 0 saturated heterocycles. The summed E-state index contributed by atoms with van der Waals surface area (Å²) in [5.74, 6) is 0.657. The van der Waals surface area contributed by atoms with E-state index in [2.05, 4.69) is 10.2 Å². The van der Waals surface area contributed by atoms with Gasteiger partial charge in [0.25, 0.3) is 0 Å². The van der Waals surface area contributed by atoms with Crippen molar-refractivity contribution < 1.29 is 0 Å². The van der Waals surface area contributed by atoms with E-state index in [9.17, 15) is 0 Å². The minimum atomic E-state index is 0.514. The maximum Gasteiger partial charge on any atom is 0.200 e. The van der Waals surface area contributed by atoms with Gasteiger partial charge in [-0.15, -0.1) is 11.3 Å². The van der Waals surface area contributed by atoms with Crippen molar-refractivity contribution >= 4 is 46.8 Å². The highest BCUT2D eigenvalue weighted by Crippen LogP contribution is 2.37. The third-order valence-electron chi connectivity index (χ3n) is 2.58. The van der Waals surface area contributed by atoms with Gasteiger partial charge in [0.15, 0.2) is 10.6 Å². The van der Waals surface area contributed by atoms with Crippen LogP contribution >= 0.6 is 46.8 Å². The van der Waals surface area contributed by atoms with Gasteiger partial charge < -0.3 is 0 Å². The van der Waals surface area contributed by atoms with Crippen molar-refractivity contribution in [2.24, 2.45) is 0 Å². The first-order chi connectivity index (χ1) is 9.16. The van der Waals surface area contributed by atoms with E-state index in [1.807, 2.05) is 34.9 Å². The summed E-state index contributed by atoms with van der Waals surface area (Å²) in [4.78, 5) is 0. The minimum absolute atomic E-state index is 0.514. The lowest BCUT2D eigenvalue weighted by Gasteiger charge is -2.05. The first-order valence-electron chi connectivity index (χ1n) is 5.35. The van der Waals surface area contributed by atoms with Gasteiger partial charge in [-0.05, 0) is 30.4 Å². The number of H-pyrrole nitrogens is 1. The second-order valence-corrected chi connectivity index (χ2v) is 6.43. The summed E-state index contributed by atoms with van der Waals surface area (Å²) in [5, 5.41) is 7.04. The summed E-state index contributed by atoms with van der Waals surface area (Å²) < 4.78 is 3.56. The smallest absolute Gasteiger partial charge is 0.200 e. The molecule has 0 saturated carbocycles. The molecular formula is C12H7Cl2N3S2. The predicted octanol–water partition coefficient (Wildman–Crippen LogP) is 4.97. The maximum absolute atomic E-state index is 6.18. The number of hydrogen-bond donors (Lipinski definition) is 1. The summed E-state index contributed by atoms with van der Waals surface area (Å²) >= 11 is 18.7. The van der Waals surface area contributed by atoms with E-state index in [-0.39, 0.29) is 0 Å². The molecule has 0 aliphatic rings. The van der Waals surface area contributed by atoms with Crippen LogP contribution in [0.2, 0.25) is 8.67 Å². The number of nitrogens with one attached hydrogen (secondary N) is 1. The molecule has 2 heterocycles. The van der Waals surface area contributed by atoms with Crippen LogP contribution in [0.3, 0.4) is 0 Å². The molecule has 0 atom stereocenters. The van der Waals surface area contributed by atoms with Crippen LogP contribution in [0, 0.1) is 4.77 Å². The topological polar surface area (TPSA) is 33.6 Å². The number of nitrogens with zero attached hydrogens (tertiary/aromatic N) is 2. The van der Waals surface area contributed by atoms with Gasteiger partial charge >= 0.3 is 0 Å². The van der Waals surface area contributed by atoms with E-state index in [1.165, 1.54) is 11.3 Å². The van der Waals surface area contributed by atoms with Gasteiger partial charge in [-0.3, -0.25) is 9.67 Å². The van der Waals surface area contributed by atoms with Crippen LogP contribution in [0.5, 0.6) is 0 Å². The lowest BCUT2D eigenvalue weighted by Crippen LogP contribution is -1.96. The number of hydrogen-bond acceptors (Lipinski definition) is 3. The van der Waals surface area contributed by atoms with Crippen molar-refractivity contribution in [2.75, 3.05) is 0 Å². The number of rotatable bonds is 2. The summed E-state index contributed by atoms with van der Waals surface area (Å²) in [6.07, 6.45) is 0. The van der Waals surface area contributed by atoms with Gasteiger partial charge in [0.05, 0.1) is 9.90 Å². The Bertz CT molecular complexity index is 774. The zero-order valence-electron chi connectivity index (χ0n) is 9.43. The fraction of sp³-hybridized carbons (Fsp3) is 0. The summed E-state index contributed by atoms with van der Waals surface area (Å²) in [6.45, 7) is 0. The second kappa shape index (κ2) is 5.09. The lowest BCUT2D eigenvalue weighted by atomic mass is 10.3. The summed E-state index contributed by atoms with van der Waals surface area (Å²) in [5.41, 5.74) is 1.70. The highest BCUT2D eigenvalue weighted by atomic mass is 35.5. The maximum atomic E-state index is 6.18. The molecule has 0 radical (unpaired) electrons. The van der Waals surface area contributed by atoms with E-state index in [1.54, 1.807) is 6.07 Å². The number of halogens is 2. The van der Waals surface area contributed by atoms with Gasteiger partial charge in [-0.25, -0.2) is 0 Å². The first-order valence-corrected chi connectivity index (χ1v) is 7.33. The summed E-state index contributed by atoms with van der Waals surface area (Å²) in [7, 11) is 0. The highest BCUT2D eigenvalue weighted by molar-refractivity contribution is 7.71. The minimum Gasteiger partial charge on any atom is -0.268 e. The van der Waals surface area contributed by atoms with E-state index in [0.717, 1.165) is 11.3 Å². The van der Waals surface area contributed by atoms with Crippen LogP contribution in [-0.2, 0) is 0 Å². The number of aromatic amines is 1. The predicted molar refractivity (Wildman–Crippen MR) is 82.1 cm³/mol. The monoisotopic (exact) mass is 327 g/mol. The lowest BCUT2D eigenvalue weighted by molar-refractivity contribution is 1.04. The molecule has 7 heteroatoms. The number of aromatic nitrogens is 3. The normalized spacial score (nSPS) is 10.8. The van der Waals surface area contributed by atoms with Gasteiger partial charge in [0.1, 0.15) is 4.34 Å². The van der Waals surface area contributed by atoms with Crippen LogP contribution in [0.1, 0.15) is 0 Å². The fourth-order valence-corrected chi connectivity index (χ4v) is 3.48. The molecule has 1 aromatic carbocycles. The number of para-hydroxylation sites is 1. The van der Waals surface area contributed by atoms with Crippen LogP contribution in [0.25, 0.3) is 17.1 Å².